The van der Waals surface area contributed by atoms with Crippen LogP contribution >= 0.6 is 0 Å². The van der Waals surface area contributed by atoms with Crippen molar-refractivity contribution in [3.63, 3.8) is 0 Å². The highest BCUT2D eigenvalue weighted by atomic mass is 19.1. The van der Waals surface area contributed by atoms with Gasteiger partial charge in [-0.3, -0.25) is 10.1 Å². The number of rotatable bonds is 5. The standard InChI is InChI=1S/C17H25FN2O/c1-5-6-12(4)20-16(13-7-9-14(18)10-8-13)19-15(11(2)3)17(20)21/h7-12,15-16,19H,5-6H2,1-4H3. The second-order valence-corrected chi connectivity index (χ2v) is 6.23. The van der Waals surface area contributed by atoms with Gasteiger partial charge in [0.2, 0.25) is 5.91 Å². The summed E-state index contributed by atoms with van der Waals surface area (Å²) < 4.78 is 13.1. The maximum absolute atomic E-state index is 13.1. The Labute approximate surface area is 126 Å². The van der Waals surface area contributed by atoms with E-state index < -0.39 is 0 Å². The van der Waals surface area contributed by atoms with E-state index in [0.717, 1.165) is 18.4 Å². The lowest BCUT2D eigenvalue weighted by molar-refractivity contribution is -0.132. The largest absolute Gasteiger partial charge is 0.319 e. The zero-order chi connectivity index (χ0) is 15.6. The van der Waals surface area contributed by atoms with Crippen LogP contribution in [-0.2, 0) is 4.79 Å². The Morgan fingerprint density at radius 2 is 1.86 bits per heavy atom. The number of benzene rings is 1. The van der Waals surface area contributed by atoms with Gasteiger partial charge in [0.05, 0.1) is 6.04 Å². The Morgan fingerprint density at radius 1 is 1.24 bits per heavy atom. The Balaban J connectivity index is 2.31. The third-order valence-electron chi connectivity index (χ3n) is 4.17. The van der Waals surface area contributed by atoms with Crippen LogP contribution in [0, 0.1) is 11.7 Å². The minimum absolute atomic E-state index is 0.153. The van der Waals surface area contributed by atoms with Gasteiger partial charge in [-0.2, -0.15) is 0 Å². The van der Waals surface area contributed by atoms with Gasteiger partial charge in [0.1, 0.15) is 12.0 Å². The van der Waals surface area contributed by atoms with Crippen molar-refractivity contribution < 1.29 is 9.18 Å². The molecule has 0 aromatic heterocycles. The van der Waals surface area contributed by atoms with Crippen LogP contribution in [0.4, 0.5) is 4.39 Å². The highest BCUT2D eigenvalue weighted by molar-refractivity contribution is 5.85. The molecule has 21 heavy (non-hydrogen) atoms. The first-order chi connectivity index (χ1) is 9.95. The highest BCUT2D eigenvalue weighted by Crippen LogP contribution is 2.31. The topological polar surface area (TPSA) is 32.3 Å². The Kier molecular flexibility index (Phi) is 4.99. The first-order valence-electron chi connectivity index (χ1n) is 7.79. The number of halogens is 1. The summed E-state index contributed by atoms with van der Waals surface area (Å²) in [6.45, 7) is 8.30. The fourth-order valence-electron chi connectivity index (χ4n) is 3.02. The van der Waals surface area contributed by atoms with Gasteiger partial charge in [-0.1, -0.05) is 39.3 Å². The highest BCUT2D eigenvalue weighted by Gasteiger charge is 2.42. The summed E-state index contributed by atoms with van der Waals surface area (Å²) in [5.74, 6) is 0.135. The molecule has 116 valence electrons. The molecule has 0 radical (unpaired) electrons. The molecular formula is C17H25FN2O. The molecule has 0 spiro atoms. The van der Waals surface area contributed by atoms with Crippen molar-refractivity contribution in [1.82, 2.24) is 10.2 Å². The van der Waals surface area contributed by atoms with Crippen molar-refractivity contribution in [2.45, 2.75) is 58.8 Å². The monoisotopic (exact) mass is 292 g/mol. The molecule has 1 aliphatic rings. The summed E-state index contributed by atoms with van der Waals surface area (Å²) in [5, 5.41) is 3.42. The van der Waals surface area contributed by atoms with Crippen LogP contribution in [0.5, 0.6) is 0 Å². The molecule has 0 saturated carbocycles. The number of amides is 1. The lowest BCUT2D eigenvalue weighted by atomic mass is 10.0. The number of carbonyl (C=O) groups excluding carboxylic acids is 1. The van der Waals surface area contributed by atoms with Crippen LogP contribution in [0.2, 0.25) is 0 Å². The number of nitrogens with one attached hydrogen (secondary N) is 1. The summed E-state index contributed by atoms with van der Waals surface area (Å²) in [7, 11) is 0. The average molecular weight is 292 g/mol. The second-order valence-electron chi connectivity index (χ2n) is 6.23. The molecule has 3 unspecified atom stereocenters. The molecular weight excluding hydrogens is 267 g/mol. The summed E-state index contributed by atoms with van der Waals surface area (Å²) in [5.41, 5.74) is 0.941. The van der Waals surface area contributed by atoms with Crippen molar-refractivity contribution in [3.05, 3.63) is 35.6 Å². The summed E-state index contributed by atoms with van der Waals surface area (Å²) in [6, 6.07) is 6.43. The van der Waals surface area contributed by atoms with Crippen molar-refractivity contribution in [3.8, 4) is 0 Å². The number of hydrogen-bond donors (Lipinski definition) is 1. The van der Waals surface area contributed by atoms with Gasteiger partial charge in [0, 0.05) is 6.04 Å². The predicted octanol–water partition coefficient (Wildman–Crippen LogP) is 3.47. The van der Waals surface area contributed by atoms with Crippen LogP contribution in [0.3, 0.4) is 0 Å². The molecule has 2 rings (SSSR count). The van der Waals surface area contributed by atoms with Gasteiger partial charge < -0.3 is 4.90 Å². The average Bonchev–Trinajstić information content (AvgIpc) is 2.77. The molecule has 1 saturated heterocycles. The zero-order valence-electron chi connectivity index (χ0n) is 13.3. The zero-order valence-corrected chi connectivity index (χ0v) is 13.3. The van der Waals surface area contributed by atoms with E-state index in [-0.39, 0.29) is 35.9 Å². The van der Waals surface area contributed by atoms with E-state index in [0.29, 0.717) is 0 Å². The second kappa shape index (κ2) is 6.56. The number of hydrogen-bond acceptors (Lipinski definition) is 2. The molecule has 1 aromatic rings. The van der Waals surface area contributed by atoms with E-state index in [1.807, 2.05) is 18.7 Å². The van der Waals surface area contributed by atoms with E-state index in [2.05, 4.69) is 19.2 Å². The molecule has 3 atom stereocenters. The third kappa shape index (κ3) is 3.26. The predicted molar refractivity (Wildman–Crippen MR) is 82.1 cm³/mol. The molecule has 0 bridgehead atoms. The Bertz CT molecular complexity index is 486. The Morgan fingerprint density at radius 3 is 2.38 bits per heavy atom. The lowest BCUT2D eigenvalue weighted by Crippen LogP contribution is -2.39. The van der Waals surface area contributed by atoms with E-state index in [1.54, 1.807) is 12.1 Å². The van der Waals surface area contributed by atoms with Crippen molar-refractivity contribution >= 4 is 5.91 Å². The normalized spacial score (nSPS) is 23.9. The molecule has 1 aliphatic heterocycles. The van der Waals surface area contributed by atoms with Crippen LogP contribution in [0.25, 0.3) is 0 Å². The minimum Gasteiger partial charge on any atom is -0.319 e. The fraction of sp³-hybridized carbons (Fsp3) is 0.588. The SMILES string of the molecule is CCCC(C)N1C(=O)C(C(C)C)NC1c1ccc(F)cc1. The fourth-order valence-corrected chi connectivity index (χ4v) is 3.02. The van der Waals surface area contributed by atoms with Gasteiger partial charge in [0.15, 0.2) is 0 Å². The molecule has 1 N–H and O–H groups in total. The molecule has 0 aliphatic carbocycles. The summed E-state index contributed by atoms with van der Waals surface area (Å²) >= 11 is 0. The lowest BCUT2D eigenvalue weighted by Gasteiger charge is -2.30. The molecule has 1 aromatic carbocycles. The maximum Gasteiger partial charge on any atom is 0.241 e. The van der Waals surface area contributed by atoms with Gasteiger partial charge in [-0.05, 0) is 37.0 Å². The van der Waals surface area contributed by atoms with Gasteiger partial charge in [0.25, 0.3) is 0 Å². The van der Waals surface area contributed by atoms with Crippen LogP contribution in [0.15, 0.2) is 24.3 Å². The van der Waals surface area contributed by atoms with Gasteiger partial charge in [-0.25, -0.2) is 4.39 Å². The van der Waals surface area contributed by atoms with Crippen LogP contribution in [0.1, 0.15) is 52.3 Å². The van der Waals surface area contributed by atoms with Crippen LogP contribution in [-0.4, -0.2) is 22.9 Å². The molecule has 4 heteroatoms. The van der Waals surface area contributed by atoms with E-state index >= 15 is 0 Å². The van der Waals surface area contributed by atoms with Crippen molar-refractivity contribution in [2.75, 3.05) is 0 Å². The Hall–Kier alpha value is -1.42. The van der Waals surface area contributed by atoms with Crippen molar-refractivity contribution in [1.29, 1.82) is 0 Å². The van der Waals surface area contributed by atoms with E-state index in [9.17, 15) is 9.18 Å². The summed E-state index contributed by atoms with van der Waals surface area (Å²) in [4.78, 5) is 14.6. The van der Waals surface area contributed by atoms with Gasteiger partial charge >= 0.3 is 0 Å². The van der Waals surface area contributed by atoms with E-state index in [4.69, 9.17) is 0 Å². The minimum atomic E-state index is -0.253. The smallest absolute Gasteiger partial charge is 0.241 e. The molecule has 1 heterocycles. The quantitative estimate of drug-likeness (QED) is 0.901. The summed E-state index contributed by atoms with van der Waals surface area (Å²) in [6.07, 6.45) is 1.84. The third-order valence-corrected chi connectivity index (χ3v) is 4.17. The molecule has 1 fully saturated rings. The first-order valence-corrected chi connectivity index (χ1v) is 7.79. The molecule has 3 nitrogen and oxygen atoms in total. The van der Waals surface area contributed by atoms with Crippen LogP contribution < -0.4 is 5.32 Å². The van der Waals surface area contributed by atoms with Crippen molar-refractivity contribution in [2.24, 2.45) is 5.92 Å². The number of nitrogens with zero attached hydrogens (tertiary/aromatic N) is 1. The van der Waals surface area contributed by atoms with Gasteiger partial charge in [-0.15, -0.1) is 0 Å². The molecule has 1 amide bonds. The first kappa shape index (κ1) is 16.0. The van der Waals surface area contributed by atoms with E-state index in [1.165, 1.54) is 12.1 Å². The number of carbonyl (C=O) groups is 1. The maximum atomic E-state index is 13.1.